The predicted octanol–water partition coefficient (Wildman–Crippen LogP) is 4.31. The molecule has 1 heterocycles. The molecule has 23 heavy (non-hydrogen) atoms. The summed E-state index contributed by atoms with van der Waals surface area (Å²) in [5, 5.41) is 0. The zero-order valence-electron chi connectivity index (χ0n) is 13.2. The molecular formula is C20H19NO2. The van der Waals surface area contributed by atoms with Gasteiger partial charge in [0, 0.05) is 23.5 Å². The Morgan fingerprint density at radius 3 is 2.30 bits per heavy atom. The van der Waals surface area contributed by atoms with E-state index in [9.17, 15) is 4.79 Å². The van der Waals surface area contributed by atoms with E-state index in [-0.39, 0.29) is 5.78 Å². The summed E-state index contributed by atoms with van der Waals surface area (Å²) in [4.78, 5) is 16.8. The van der Waals surface area contributed by atoms with Crippen molar-refractivity contribution in [3.63, 3.8) is 0 Å². The Morgan fingerprint density at radius 2 is 1.70 bits per heavy atom. The first-order chi connectivity index (χ1) is 11.3. The number of carbonyl (C=O) groups is 1. The minimum Gasteiger partial charge on any atom is -0.497 e. The van der Waals surface area contributed by atoms with Crippen molar-refractivity contribution in [2.24, 2.45) is 0 Å². The highest BCUT2D eigenvalue weighted by atomic mass is 16.5. The smallest absolute Gasteiger partial charge is 0.185 e. The third kappa shape index (κ3) is 3.75. The maximum Gasteiger partial charge on any atom is 0.185 e. The summed E-state index contributed by atoms with van der Waals surface area (Å²) < 4.78 is 5.16. The lowest BCUT2D eigenvalue weighted by molar-refractivity contribution is -0.112. The van der Waals surface area contributed by atoms with Crippen molar-refractivity contribution in [3.05, 3.63) is 71.1 Å². The molecule has 1 aliphatic rings. The molecule has 3 heteroatoms. The van der Waals surface area contributed by atoms with E-state index in [1.165, 1.54) is 0 Å². The number of carbonyl (C=O) groups excluding carboxylic acids is 1. The predicted molar refractivity (Wildman–Crippen MR) is 92.0 cm³/mol. The average molecular weight is 305 g/mol. The van der Waals surface area contributed by atoms with Gasteiger partial charge in [0.15, 0.2) is 5.78 Å². The van der Waals surface area contributed by atoms with Gasteiger partial charge in [0.2, 0.25) is 0 Å². The van der Waals surface area contributed by atoms with Crippen LogP contribution in [0.3, 0.4) is 0 Å². The van der Waals surface area contributed by atoms with Crippen LogP contribution in [-0.4, -0.2) is 17.9 Å². The largest absolute Gasteiger partial charge is 0.497 e. The average Bonchev–Trinajstić information content (AvgIpc) is 2.60. The number of hydrogen-bond donors (Lipinski definition) is 0. The van der Waals surface area contributed by atoms with E-state index in [1.54, 1.807) is 19.5 Å². The van der Waals surface area contributed by atoms with Crippen molar-refractivity contribution >= 4 is 17.9 Å². The van der Waals surface area contributed by atoms with E-state index in [2.05, 4.69) is 4.98 Å². The van der Waals surface area contributed by atoms with Gasteiger partial charge < -0.3 is 4.74 Å². The molecule has 1 aromatic heterocycles. The molecule has 3 rings (SSSR count). The molecule has 1 saturated carbocycles. The summed E-state index contributed by atoms with van der Waals surface area (Å²) in [5.74, 6) is 0.968. The number of nitrogens with zero attached hydrogens (tertiary/aromatic N) is 1. The second-order valence-corrected chi connectivity index (χ2v) is 5.58. The fourth-order valence-electron chi connectivity index (χ4n) is 2.74. The van der Waals surface area contributed by atoms with Gasteiger partial charge in [-0.25, -0.2) is 0 Å². The van der Waals surface area contributed by atoms with E-state index < -0.39 is 0 Å². The van der Waals surface area contributed by atoms with Crippen LogP contribution < -0.4 is 4.74 Å². The Bertz CT molecular complexity index is 743. The number of benzene rings is 1. The molecule has 1 fully saturated rings. The fourth-order valence-corrected chi connectivity index (χ4v) is 2.74. The van der Waals surface area contributed by atoms with Crippen LogP contribution in [-0.2, 0) is 4.79 Å². The highest BCUT2D eigenvalue weighted by molar-refractivity contribution is 6.13. The first-order valence-corrected chi connectivity index (χ1v) is 7.76. The summed E-state index contributed by atoms with van der Waals surface area (Å²) in [7, 11) is 1.65. The van der Waals surface area contributed by atoms with E-state index in [0.29, 0.717) is 0 Å². The Labute approximate surface area is 136 Å². The lowest BCUT2D eigenvalue weighted by atomic mass is 9.87. The molecule has 0 unspecified atom stereocenters. The third-order valence-corrected chi connectivity index (χ3v) is 3.96. The normalized spacial score (nSPS) is 18.4. The van der Waals surface area contributed by atoms with Crippen molar-refractivity contribution in [1.29, 1.82) is 0 Å². The summed E-state index contributed by atoms with van der Waals surface area (Å²) >= 11 is 0. The van der Waals surface area contributed by atoms with Gasteiger partial charge in [-0.15, -0.1) is 0 Å². The molecule has 1 aliphatic carbocycles. The van der Waals surface area contributed by atoms with Crippen LogP contribution in [0.4, 0.5) is 0 Å². The molecule has 3 nitrogen and oxygen atoms in total. The Balaban J connectivity index is 1.84. The van der Waals surface area contributed by atoms with Crippen LogP contribution in [0, 0.1) is 0 Å². The number of aromatic nitrogens is 1. The second kappa shape index (κ2) is 7.05. The molecule has 0 amide bonds. The maximum atomic E-state index is 12.7. The van der Waals surface area contributed by atoms with Crippen LogP contribution >= 0.6 is 0 Å². The number of hydrogen-bond acceptors (Lipinski definition) is 3. The van der Waals surface area contributed by atoms with Crippen molar-refractivity contribution in [2.45, 2.75) is 19.3 Å². The molecule has 0 spiro atoms. The lowest BCUT2D eigenvalue weighted by Gasteiger charge is -2.16. The summed E-state index contributed by atoms with van der Waals surface area (Å²) in [6.45, 7) is 0. The first kappa shape index (κ1) is 15.2. The zero-order chi connectivity index (χ0) is 16.1. The molecule has 0 N–H and O–H groups in total. The van der Waals surface area contributed by atoms with Crippen LogP contribution in [0.5, 0.6) is 5.75 Å². The highest BCUT2D eigenvalue weighted by Crippen LogP contribution is 2.28. The van der Waals surface area contributed by atoms with E-state index in [1.807, 2.05) is 48.6 Å². The summed E-state index contributed by atoms with van der Waals surface area (Å²) in [6.07, 6.45) is 10.1. The first-order valence-electron chi connectivity index (χ1n) is 7.76. The van der Waals surface area contributed by atoms with Crippen LogP contribution in [0.15, 0.2) is 59.9 Å². The van der Waals surface area contributed by atoms with Gasteiger partial charge in [0.1, 0.15) is 5.75 Å². The summed E-state index contributed by atoms with van der Waals surface area (Å²) in [5.41, 5.74) is 3.74. The van der Waals surface area contributed by atoms with Crippen molar-refractivity contribution in [1.82, 2.24) is 4.98 Å². The molecular weight excluding hydrogens is 286 g/mol. The Morgan fingerprint density at radius 1 is 1.00 bits per heavy atom. The van der Waals surface area contributed by atoms with Crippen molar-refractivity contribution < 1.29 is 9.53 Å². The number of pyridine rings is 1. The minimum atomic E-state index is 0.149. The summed E-state index contributed by atoms with van der Waals surface area (Å²) in [6, 6.07) is 11.6. The topological polar surface area (TPSA) is 39.2 Å². The number of rotatable bonds is 3. The zero-order valence-corrected chi connectivity index (χ0v) is 13.2. The SMILES string of the molecule is COc1ccc(/C=C2\CCC/C(=C\c3cccnc3)C2=O)cc1. The Hall–Kier alpha value is -2.68. The quantitative estimate of drug-likeness (QED) is 0.793. The molecule has 0 radical (unpaired) electrons. The lowest BCUT2D eigenvalue weighted by Crippen LogP contribution is -2.12. The number of allylic oxidation sites excluding steroid dienone is 2. The number of ketones is 1. The standard InChI is InChI=1S/C20H19NO2/c1-23-19-9-7-15(8-10-19)12-17-5-2-6-18(20(17)22)13-16-4-3-11-21-14-16/h3-4,7-14H,2,5-6H2,1H3/b17-12+,18-13+. The highest BCUT2D eigenvalue weighted by Gasteiger charge is 2.20. The van der Waals surface area contributed by atoms with E-state index in [0.717, 1.165) is 47.3 Å². The maximum absolute atomic E-state index is 12.7. The Kier molecular flexibility index (Phi) is 4.67. The van der Waals surface area contributed by atoms with Gasteiger partial charge in [-0.1, -0.05) is 18.2 Å². The van der Waals surface area contributed by atoms with Gasteiger partial charge in [-0.3, -0.25) is 9.78 Å². The van der Waals surface area contributed by atoms with Crippen LogP contribution in [0.1, 0.15) is 30.4 Å². The number of methoxy groups -OCH3 is 1. The third-order valence-electron chi connectivity index (χ3n) is 3.96. The van der Waals surface area contributed by atoms with Crippen molar-refractivity contribution in [3.8, 4) is 5.75 Å². The van der Waals surface area contributed by atoms with Crippen LogP contribution in [0.2, 0.25) is 0 Å². The van der Waals surface area contributed by atoms with Crippen LogP contribution in [0.25, 0.3) is 12.2 Å². The second-order valence-electron chi connectivity index (χ2n) is 5.58. The van der Waals surface area contributed by atoms with Gasteiger partial charge in [-0.05, 0) is 60.7 Å². The minimum absolute atomic E-state index is 0.149. The van der Waals surface area contributed by atoms with Gasteiger partial charge in [0.05, 0.1) is 7.11 Å². The molecule has 1 aromatic carbocycles. The number of Topliss-reactive ketones (excluding diaryl/α,β-unsaturated/α-hetero) is 1. The molecule has 0 aliphatic heterocycles. The molecule has 0 bridgehead atoms. The van der Waals surface area contributed by atoms with Gasteiger partial charge in [-0.2, -0.15) is 0 Å². The molecule has 0 saturated heterocycles. The van der Waals surface area contributed by atoms with Crippen molar-refractivity contribution in [2.75, 3.05) is 7.11 Å². The van der Waals surface area contributed by atoms with E-state index in [4.69, 9.17) is 4.74 Å². The molecule has 116 valence electrons. The molecule has 0 atom stereocenters. The van der Waals surface area contributed by atoms with Gasteiger partial charge >= 0.3 is 0 Å². The molecule has 2 aromatic rings. The van der Waals surface area contributed by atoms with E-state index >= 15 is 0 Å². The number of ether oxygens (including phenoxy) is 1. The monoisotopic (exact) mass is 305 g/mol. The van der Waals surface area contributed by atoms with Gasteiger partial charge in [0.25, 0.3) is 0 Å². The fraction of sp³-hybridized carbons (Fsp3) is 0.200.